The highest BCUT2D eigenvalue weighted by atomic mass is 16.1. The number of nitrogen functional groups attached to an aromatic ring is 1. The fourth-order valence-corrected chi connectivity index (χ4v) is 3.08. The van der Waals surface area contributed by atoms with Crippen molar-refractivity contribution in [2.24, 2.45) is 5.92 Å². The lowest BCUT2D eigenvalue weighted by Crippen LogP contribution is -2.38. The first-order valence-corrected chi connectivity index (χ1v) is 7.79. The summed E-state index contributed by atoms with van der Waals surface area (Å²) in [6.45, 7) is 2.15. The van der Waals surface area contributed by atoms with E-state index in [2.05, 4.69) is 12.2 Å². The first-order chi connectivity index (χ1) is 9.65. The molecule has 1 aromatic rings. The van der Waals surface area contributed by atoms with E-state index in [4.69, 9.17) is 5.73 Å². The van der Waals surface area contributed by atoms with Crippen molar-refractivity contribution < 1.29 is 4.79 Å². The summed E-state index contributed by atoms with van der Waals surface area (Å²) < 4.78 is 0. The third-order valence-electron chi connectivity index (χ3n) is 4.34. The van der Waals surface area contributed by atoms with Gasteiger partial charge in [-0.25, -0.2) is 0 Å². The molecule has 1 saturated carbocycles. The molecule has 0 saturated heterocycles. The molecule has 1 aliphatic carbocycles. The molecule has 1 aliphatic rings. The molecule has 3 nitrogen and oxygen atoms in total. The average molecular weight is 274 g/mol. The van der Waals surface area contributed by atoms with Crippen LogP contribution in [0.15, 0.2) is 24.3 Å². The number of hydrogen-bond acceptors (Lipinski definition) is 2. The van der Waals surface area contributed by atoms with Crippen molar-refractivity contribution in [3.8, 4) is 0 Å². The Balaban J connectivity index is 1.74. The van der Waals surface area contributed by atoms with E-state index in [0.29, 0.717) is 18.4 Å². The number of amides is 1. The van der Waals surface area contributed by atoms with Crippen LogP contribution in [0.1, 0.15) is 51.0 Å². The van der Waals surface area contributed by atoms with E-state index in [1.54, 1.807) is 0 Å². The van der Waals surface area contributed by atoms with Crippen molar-refractivity contribution in [2.45, 2.75) is 57.9 Å². The average Bonchev–Trinajstić information content (AvgIpc) is 2.46. The second-order valence-corrected chi connectivity index (χ2v) is 6.00. The normalized spacial score (nSPS) is 17.6. The Morgan fingerprint density at radius 3 is 2.80 bits per heavy atom. The number of hydrogen-bond donors (Lipinski definition) is 2. The monoisotopic (exact) mass is 274 g/mol. The van der Waals surface area contributed by atoms with Gasteiger partial charge in [-0.15, -0.1) is 0 Å². The molecule has 0 aromatic heterocycles. The van der Waals surface area contributed by atoms with E-state index in [1.165, 1.54) is 32.1 Å². The highest BCUT2D eigenvalue weighted by Crippen LogP contribution is 2.26. The molecule has 0 unspecified atom stereocenters. The lowest BCUT2D eigenvalue weighted by Gasteiger charge is -2.28. The summed E-state index contributed by atoms with van der Waals surface area (Å²) in [6, 6.07) is 8.08. The third kappa shape index (κ3) is 4.55. The predicted molar refractivity (Wildman–Crippen MR) is 83.4 cm³/mol. The molecule has 3 N–H and O–H groups in total. The zero-order chi connectivity index (χ0) is 14.4. The van der Waals surface area contributed by atoms with Crippen LogP contribution in [0.4, 0.5) is 5.69 Å². The van der Waals surface area contributed by atoms with Crippen molar-refractivity contribution in [3.05, 3.63) is 29.8 Å². The Hall–Kier alpha value is -1.51. The van der Waals surface area contributed by atoms with Gasteiger partial charge in [-0.1, -0.05) is 31.4 Å². The Bertz CT molecular complexity index is 438. The minimum Gasteiger partial charge on any atom is -0.399 e. The van der Waals surface area contributed by atoms with Crippen LogP contribution in [0.5, 0.6) is 0 Å². The molecule has 1 amide bonds. The fourth-order valence-electron chi connectivity index (χ4n) is 3.08. The largest absolute Gasteiger partial charge is 0.399 e. The predicted octanol–water partition coefficient (Wildman–Crippen LogP) is 3.29. The van der Waals surface area contributed by atoms with E-state index in [9.17, 15) is 4.79 Å². The topological polar surface area (TPSA) is 55.1 Å². The first kappa shape index (κ1) is 14.9. The number of rotatable bonds is 5. The van der Waals surface area contributed by atoms with Crippen LogP contribution in [0.25, 0.3) is 0 Å². The van der Waals surface area contributed by atoms with E-state index < -0.39 is 0 Å². The fraction of sp³-hybridized carbons (Fsp3) is 0.588. The molecular weight excluding hydrogens is 248 g/mol. The third-order valence-corrected chi connectivity index (χ3v) is 4.34. The standard InChI is InChI=1S/C17H26N2O/c1-13(15-7-3-2-4-8-15)19-17(20)11-10-14-6-5-9-16(18)12-14/h5-6,9,12-13,15H,2-4,7-8,10-11,18H2,1H3,(H,19,20)/t13-/m0/s1. The highest BCUT2D eigenvalue weighted by Gasteiger charge is 2.21. The van der Waals surface area contributed by atoms with Gasteiger partial charge in [0.25, 0.3) is 0 Å². The summed E-state index contributed by atoms with van der Waals surface area (Å²) in [6.07, 6.45) is 7.80. The van der Waals surface area contributed by atoms with Gasteiger partial charge in [0, 0.05) is 18.2 Å². The molecule has 3 heteroatoms. The van der Waals surface area contributed by atoms with E-state index in [0.717, 1.165) is 17.7 Å². The summed E-state index contributed by atoms with van der Waals surface area (Å²) in [5.74, 6) is 0.825. The van der Waals surface area contributed by atoms with Crippen LogP contribution < -0.4 is 11.1 Å². The Labute approximate surface area is 121 Å². The van der Waals surface area contributed by atoms with Crippen LogP contribution >= 0.6 is 0 Å². The van der Waals surface area contributed by atoms with Crippen molar-refractivity contribution in [3.63, 3.8) is 0 Å². The van der Waals surface area contributed by atoms with Crippen LogP contribution in [0, 0.1) is 5.92 Å². The van der Waals surface area contributed by atoms with Crippen LogP contribution in [0.2, 0.25) is 0 Å². The minimum absolute atomic E-state index is 0.158. The van der Waals surface area contributed by atoms with E-state index in [-0.39, 0.29) is 5.91 Å². The summed E-state index contributed by atoms with van der Waals surface area (Å²) in [5, 5.41) is 3.16. The maximum atomic E-state index is 12.0. The quantitative estimate of drug-likeness (QED) is 0.810. The van der Waals surface area contributed by atoms with Crippen molar-refractivity contribution in [1.29, 1.82) is 0 Å². The SMILES string of the molecule is C[C@H](NC(=O)CCc1cccc(N)c1)C1CCCCC1. The molecule has 0 aliphatic heterocycles. The van der Waals surface area contributed by atoms with Gasteiger partial charge in [-0.2, -0.15) is 0 Å². The molecule has 0 spiro atoms. The number of benzene rings is 1. The van der Waals surface area contributed by atoms with Gasteiger partial charge in [0.2, 0.25) is 5.91 Å². The number of nitrogens with one attached hydrogen (secondary N) is 1. The maximum Gasteiger partial charge on any atom is 0.220 e. The molecule has 0 bridgehead atoms. The van der Waals surface area contributed by atoms with Gasteiger partial charge < -0.3 is 11.1 Å². The second kappa shape index (κ2) is 7.32. The van der Waals surface area contributed by atoms with Crippen molar-refractivity contribution >= 4 is 11.6 Å². The van der Waals surface area contributed by atoms with Gasteiger partial charge in [-0.05, 0) is 49.8 Å². The zero-order valence-electron chi connectivity index (χ0n) is 12.4. The molecule has 0 heterocycles. The number of aryl methyl sites for hydroxylation is 1. The lowest BCUT2D eigenvalue weighted by atomic mass is 9.84. The Kier molecular flexibility index (Phi) is 5.45. The molecule has 2 rings (SSSR count). The molecule has 1 aromatic carbocycles. The molecule has 20 heavy (non-hydrogen) atoms. The zero-order valence-corrected chi connectivity index (χ0v) is 12.4. The lowest BCUT2D eigenvalue weighted by molar-refractivity contribution is -0.122. The number of carbonyl (C=O) groups excluding carboxylic acids is 1. The molecule has 1 fully saturated rings. The van der Waals surface area contributed by atoms with Crippen molar-refractivity contribution in [1.82, 2.24) is 5.32 Å². The molecule has 1 atom stereocenters. The summed E-state index contributed by atoms with van der Waals surface area (Å²) in [7, 11) is 0. The minimum atomic E-state index is 0.158. The first-order valence-electron chi connectivity index (χ1n) is 7.79. The highest BCUT2D eigenvalue weighted by molar-refractivity contribution is 5.76. The summed E-state index contributed by atoms with van der Waals surface area (Å²) in [4.78, 5) is 12.0. The smallest absolute Gasteiger partial charge is 0.220 e. The Morgan fingerprint density at radius 2 is 2.10 bits per heavy atom. The Morgan fingerprint density at radius 1 is 1.35 bits per heavy atom. The molecular formula is C17H26N2O. The second-order valence-electron chi connectivity index (χ2n) is 6.00. The van der Waals surface area contributed by atoms with E-state index >= 15 is 0 Å². The van der Waals surface area contributed by atoms with Gasteiger partial charge >= 0.3 is 0 Å². The van der Waals surface area contributed by atoms with Gasteiger partial charge in [-0.3, -0.25) is 4.79 Å². The molecule has 110 valence electrons. The van der Waals surface area contributed by atoms with Crippen molar-refractivity contribution in [2.75, 3.05) is 5.73 Å². The number of anilines is 1. The summed E-state index contributed by atoms with van der Waals surface area (Å²) >= 11 is 0. The van der Waals surface area contributed by atoms with Gasteiger partial charge in [0.05, 0.1) is 0 Å². The van der Waals surface area contributed by atoms with Gasteiger partial charge in [0.1, 0.15) is 0 Å². The van der Waals surface area contributed by atoms with Crippen LogP contribution in [0.3, 0.4) is 0 Å². The maximum absolute atomic E-state index is 12.0. The number of carbonyl (C=O) groups is 1. The van der Waals surface area contributed by atoms with E-state index in [1.807, 2.05) is 24.3 Å². The molecule has 0 radical (unpaired) electrons. The number of nitrogens with two attached hydrogens (primary N) is 1. The summed E-state index contributed by atoms with van der Waals surface area (Å²) in [5.41, 5.74) is 7.64. The van der Waals surface area contributed by atoms with Gasteiger partial charge in [0.15, 0.2) is 0 Å². The van der Waals surface area contributed by atoms with Crippen LogP contribution in [-0.4, -0.2) is 11.9 Å². The van der Waals surface area contributed by atoms with Crippen LogP contribution in [-0.2, 0) is 11.2 Å².